The van der Waals surface area contributed by atoms with E-state index in [1.54, 1.807) is 13.2 Å². The van der Waals surface area contributed by atoms with Crippen LogP contribution in [0.4, 0.5) is 0 Å². The number of unbranched alkanes of at least 4 members (excludes halogenated alkanes) is 1. The SMILES string of the molecule is CCCCOc1ccc(C=NNC(=O)Cn2cnc3sc(CC)cc3c2=O)cc1OC. The molecule has 0 aliphatic rings. The van der Waals surface area contributed by atoms with Crippen molar-refractivity contribution in [1.82, 2.24) is 15.0 Å². The molecule has 0 saturated carbocycles. The van der Waals surface area contributed by atoms with E-state index in [4.69, 9.17) is 9.47 Å². The number of hydrogen-bond donors (Lipinski definition) is 1. The molecule has 1 N–H and O–H groups in total. The summed E-state index contributed by atoms with van der Waals surface area (Å²) in [5.41, 5.74) is 2.95. The summed E-state index contributed by atoms with van der Waals surface area (Å²) in [5.74, 6) is 0.843. The number of aromatic nitrogens is 2. The molecule has 8 nitrogen and oxygen atoms in total. The maximum atomic E-state index is 12.6. The van der Waals surface area contributed by atoms with Crippen molar-refractivity contribution in [3.8, 4) is 11.5 Å². The van der Waals surface area contributed by atoms with Gasteiger partial charge >= 0.3 is 0 Å². The van der Waals surface area contributed by atoms with Gasteiger partial charge in [-0.2, -0.15) is 5.10 Å². The number of methoxy groups -OCH3 is 1. The van der Waals surface area contributed by atoms with E-state index in [2.05, 4.69) is 22.4 Å². The Morgan fingerprint density at radius 1 is 1.29 bits per heavy atom. The minimum Gasteiger partial charge on any atom is -0.493 e. The molecule has 0 unspecified atom stereocenters. The quantitative estimate of drug-likeness (QED) is 0.295. The van der Waals surface area contributed by atoms with Crippen LogP contribution in [-0.2, 0) is 17.8 Å². The molecular weight excluding hydrogens is 416 g/mol. The summed E-state index contributed by atoms with van der Waals surface area (Å²) < 4.78 is 12.4. The first-order valence-electron chi connectivity index (χ1n) is 10.2. The van der Waals surface area contributed by atoms with E-state index in [0.29, 0.717) is 28.3 Å². The van der Waals surface area contributed by atoms with Crippen LogP contribution in [0.2, 0.25) is 0 Å². The number of ether oxygens (including phenoxy) is 2. The molecule has 0 fully saturated rings. The molecule has 9 heteroatoms. The van der Waals surface area contributed by atoms with Gasteiger partial charge in [-0.15, -0.1) is 11.3 Å². The standard InChI is InChI=1S/C22H26N4O4S/c1-4-6-9-30-18-8-7-15(10-19(18)29-3)12-24-25-20(27)13-26-14-23-21-17(22(26)28)11-16(5-2)31-21/h7-8,10-12,14H,4-6,9,13H2,1-3H3,(H,25,27). The van der Waals surface area contributed by atoms with Crippen LogP contribution in [-0.4, -0.2) is 35.4 Å². The molecule has 3 rings (SSSR count). The lowest BCUT2D eigenvalue weighted by atomic mass is 10.2. The van der Waals surface area contributed by atoms with Crippen LogP contribution in [0.3, 0.4) is 0 Å². The summed E-state index contributed by atoms with van der Waals surface area (Å²) in [5, 5.41) is 4.51. The number of benzene rings is 1. The summed E-state index contributed by atoms with van der Waals surface area (Å²) in [6.45, 7) is 4.59. The summed E-state index contributed by atoms with van der Waals surface area (Å²) in [6.07, 6.45) is 5.76. The van der Waals surface area contributed by atoms with E-state index < -0.39 is 5.91 Å². The van der Waals surface area contributed by atoms with Crippen molar-refractivity contribution in [1.29, 1.82) is 0 Å². The average Bonchev–Trinajstić information content (AvgIpc) is 3.21. The van der Waals surface area contributed by atoms with Gasteiger partial charge in [0, 0.05) is 4.88 Å². The number of thiophene rings is 1. The molecule has 3 aromatic rings. The first kappa shape index (κ1) is 22.5. The highest BCUT2D eigenvalue weighted by molar-refractivity contribution is 7.18. The smallest absolute Gasteiger partial charge is 0.262 e. The Morgan fingerprint density at radius 2 is 2.13 bits per heavy atom. The monoisotopic (exact) mass is 442 g/mol. The summed E-state index contributed by atoms with van der Waals surface area (Å²) >= 11 is 1.49. The Bertz CT molecular complexity index is 1140. The van der Waals surface area contributed by atoms with E-state index >= 15 is 0 Å². The molecule has 0 bridgehead atoms. The fourth-order valence-electron chi connectivity index (χ4n) is 2.88. The maximum absolute atomic E-state index is 12.6. The van der Waals surface area contributed by atoms with E-state index in [1.165, 1.54) is 28.4 Å². The molecule has 0 radical (unpaired) electrons. The Kier molecular flexibility index (Phi) is 7.77. The van der Waals surface area contributed by atoms with Crippen molar-refractivity contribution in [2.75, 3.05) is 13.7 Å². The van der Waals surface area contributed by atoms with Crippen LogP contribution in [0.5, 0.6) is 11.5 Å². The average molecular weight is 443 g/mol. The first-order chi connectivity index (χ1) is 15.0. The topological polar surface area (TPSA) is 94.8 Å². The van der Waals surface area contributed by atoms with Crippen molar-refractivity contribution in [3.05, 3.63) is 51.4 Å². The Hall–Kier alpha value is -3.20. The fourth-order valence-corrected chi connectivity index (χ4v) is 3.80. The van der Waals surface area contributed by atoms with Gasteiger partial charge in [-0.05, 0) is 42.7 Å². The molecule has 1 amide bonds. The second kappa shape index (κ2) is 10.7. The van der Waals surface area contributed by atoms with E-state index in [0.717, 1.165) is 29.7 Å². The van der Waals surface area contributed by atoms with E-state index in [9.17, 15) is 9.59 Å². The third kappa shape index (κ3) is 5.69. The zero-order chi connectivity index (χ0) is 22.2. The van der Waals surface area contributed by atoms with E-state index in [-0.39, 0.29) is 12.1 Å². The lowest BCUT2D eigenvalue weighted by molar-refractivity contribution is -0.121. The normalized spacial score (nSPS) is 11.2. The lowest BCUT2D eigenvalue weighted by Crippen LogP contribution is -2.29. The van der Waals surface area contributed by atoms with Gasteiger partial charge in [0.1, 0.15) is 11.4 Å². The number of hydrazone groups is 1. The lowest BCUT2D eigenvalue weighted by Gasteiger charge is -2.10. The number of carbonyl (C=O) groups is 1. The van der Waals surface area contributed by atoms with Gasteiger partial charge in [-0.25, -0.2) is 10.4 Å². The van der Waals surface area contributed by atoms with Crippen molar-refractivity contribution < 1.29 is 14.3 Å². The molecule has 2 aromatic heterocycles. The molecule has 0 aliphatic heterocycles. The van der Waals surface area contributed by atoms with Gasteiger partial charge in [-0.1, -0.05) is 20.3 Å². The number of carbonyl (C=O) groups excluding carboxylic acids is 1. The second-order valence-corrected chi connectivity index (χ2v) is 7.98. The Morgan fingerprint density at radius 3 is 2.87 bits per heavy atom. The van der Waals surface area contributed by atoms with Crippen LogP contribution in [0.15, 0.2) is 40.5 Å². The second-order valence-electron chi connectivity index (χ2n) is 6.87. The number of rotatable bonds is 10. The van der Waals surface area contributed by atoms with Crippen molar-refractivity contribution in [2.45, 2.75) is 39.7 Å². The number of hydrogen-bond acceptors (Lipinski definition) is 7. The third-order valence-electron chi connectivity index (χ3n) is 4.58. The van der Waals surface area contributed by atoms with Crippen molar-refractivity contribution in [3.63, 3.8) is 0 Å². The molecule has 0 aliphatic carbocycles. The Labute approximate surface area is 184 Å². The Balaban J connectivity index is 1.62. The van der Waals surface area contributed by atoms with Gasteiger partial charge in [-0.3, -0.25) is 14.2 Å². The number of aryl methyl sites for hydroxylation is 1. The highest BCUT2D eigenvalue weighted by atomic mass is 32.1. The molecular formula is C22H26N4O4S. The van der Waals surface area contributed by atoms with Crippen LogP contribution < -0.4 is 20.5 Å². The van der Waals surface area contributed by atoms with Crippen LogP contribution in [0.25, 0.3) is 10.2 Å². The fraction of sp³-hybridized carbons (Fsp3) is 0.364. The van der Waals surface area contributed by atoms with E-state index in [1.807, 2.05) is 25.1 Å². The largest absolute Gasteiger partial charge is 0.493 e. The van der Waals surface area contributed by atoms with Crippen LogP contribution in [0.1, 0.15) is 37.1 Å². The number of nitrogens with zero attached hydrogens (tertiary/aromatic N) is 3. The molecule has 1 aromatic carbocycles. The van der Waals surface area contributed by atoms with Crippen molar-refractivity contribution >= 4 is 33.7 Å². The zero-order valence-electron chi connectivity index (χ0n) is 17.9. The summed E-state index contributed by atoms with van der Waals surface area (Å²) in [4.78, 5) is 30.8. The summed E-state index contributed by atoms with van der Waals surface area (Å²) in [6, 6.07) is 7.25. The highest BCUT2D eigenvalue weighted by Crippen LogP contribution is 2.27. The maximum Gasteiger partial charge on any atom is 0.262 e. The minimum atomic E-state index is -0.420. The molecule has 31 heavy (non-hydrogen) atoms. The molecule has 2 heterocycles. The van der Waals surface area contributed by atoms with Gasteiger partial charge in [0.15, 0.2) is 11.5 Å². The summed E-state index contributed by atoms with van der Waals surface area (Å²) in [7, 11) is 1.57. The van der Waals surface area contributed by atoms with Crippen molar-refractivity contribution in [2.24, 2.45) is 5.10 Å². The first-order valence-corrected chi connectivity index (χ1v) is 11.0. The predicted octanol–water partition coefficient (Wildman–Crippen LogP) is 3.36. The third-order valence-corrected chi connectivity index (χ3v) is 5.76. The molecule has 164 valence electrons. The number of amides is 1. The predicted molar refractivity (Wildman–Crippen MR) is 122 cm³/mol. The zero-order valence-corrected chi connectivity index (χ0v) is 18.7. The minimum absolute atomic E-state index is 0.163. The van der Waals surface area contributed by atoms with Gasteiger partial charge in [0.2, 0.25) is 0 Å². The van der Waals surface area contributed by atoms with Gasteiger partial charge in [0.25, 0.3) is 11.5 Å². The highest BCUT2D eigenvalue weighted by Gasteiger charge is 2.11. The van der Waals surface area contributed by atoms with Gasteiger partial charge < -0.3 is 9.47 Å². The molecule has 0 saturated heterocycles. The number of fused-ring (bicyclic) bond motifs is 1. The van der Waals surface area contributed by atoms with Crippen LogP contribution >= 0.6 is 11.3 Å². The molecule has 0 spiro atoms. The number of nitrogens with one attached hydrogen (secondary N) is 1. The molecule has 0 atom stereocenters. The van der Waals surface area contributed by atoms with Gasteiger partial charge in [0.05, 0.1) is 31.6 Å². The van der Waals surface area contributed by atoms with Crippen LogP contribution in [0, 0.1) is 0 Å².